The summed E-state index contributed by atoms with van der Waals surface area (Å²) >= 11 is 1.35. The standard InChI is InChI=1S/C20H19FN4OS/c21-17-8-2-1-6-14(17)12-15-13-23-20(27-15)24-19(26)16-7-5-9-22-18(16)25-10-3-4-11-25/h1-2,5-9,13H,3-4,10-12H2,(H,23,24,26). The largest absolute Gasteiger partial charge is 0.356 e. The summed E-state index contributed by atoms with van der Waals surface area (Å²) in [5.41, 5.74) is 1.16. The van der Waals surface area contributed by atoms with Crippen LogP contribution in [0.2, 0.25) is 0 Å². The summed E-state index contributed by atoms with van der Waals surface area (Å²) in [5, 5.41) is 3.35. The average Bonchev–Trinajstić information content (AvgIpc) is 3.36. The minimum atomic E-state index is -0.234. The Morgan fingerprint density at radius 2 is 1.96 bits per heavy atom. The Bertz CT molecular complexity index is 952. The molecule has 3 aromatic rings. The molecule has 1 N–H and O–H groups in total. The van der Waals surface area contributed by atoms with Crippen LogP contribution in [-0.2, 0) is 6.42 Å². The smallest absolute Gasteiger partial charge is 0.261 e. The van der Waals surface area contributed by atoms with Gasteiger partial charge in [0.15, 0.2) is 5.13 Å². The van der Waals surface area contributed by atoms with E-state index in [0.29, 0.717) is 22.7 Å². The van der Waals surface area contributed by atoms with Gasteiger partial charge in [0.2, 0.25) is 0 Å². The molecule has 3 heterocycles. The van der Waals surface area contributed by atoms with E-state index in [1.54, 1.807) is 36.7 Å². The van der Waals surface area contributed by atoms with Gasteiger partial charge in [0.05, 0.1) is 5.56 Å². The molecule has 0 unspecified atom stereocenters. The molecule has 1 aliphatic heterocycles. The molecule has 1 fully saturated rings. The maximum atomic E-state index is 13.8. The lowest BCUT2D eigenvalue weighted by Gasteiger charge is -2.19. The van der Waals surface area contributed by atoms with E-state index in [1.807, 2.05) is 6.07 Å². The normalized spacial score (nSPS) is 13.7. The molecule has 1 aromatic carbocycles. The third-order valence-electron chi connectivity index (χ3n) is 4.53. The van der Waals surface area contributed by atoms with Crippen molar-refractivity contribution in [1.82, 2.24) is 9.97 Å². The van der Waals surface area contributed by atoms with Crippen LogP contribution in [0.5, 0.6) is 0 Å². The molecule has 138 valence electrons. The Balaban J connectivity index is 1.48. The number of carbonyl (C=O) groups excluding carboxylic acids is 1. The van der Waals surface area contributed by atoms with Crippen LogP contribution in [0.25, 0.3) is 0 Å². The maximum Gasteiger partial charge on any atom is 0.261 e. The molecule has 7 heteroatoms. The van der Waals surface area contributed by atoms with Gasteiger partial charge >= 0.3 is 0 Å². The summed E-state index contributed by atoms with van der Waals surface area (Å²) in [4.78, 5) is 24.4. The summed E-state index contributed by atoms with van der Waals surface area (Å²) in [5.74, 6) is 0.259. The molecule has 0 radical (unpaired) electrons. The number of thiazole rings is 1. The molecule has 0 atom stereocenters. The lowest BCUT2D eigenvalue weighted by atomic mass is 10.1. The first-order valence-corrected chi connectivity index (χ1v) is 9.72. The number of hydrogen-bond acceptors (Lipinski definition) is 5. The Morgan fingerprint density at radius 1 is 1.15 bits per heavy atom. The molecule has 2 aromatic heterocycles. The van der Waals surface area contributed by atoms with Gasteiger partial charge in [0, 0.05) is 36.8 Å². The van der Waals surface area contributed by atoms with Crippen molar-refractivity contribution in [1.29, 1.82) is 0 Å². The summed E-state index contributed by atoms with van der Waals surface area (Å²) in [7, 11) is 0. The number of amides is 1. The molecule has 1 aliphatic rings. The Morgan fingerprint density at radius 3 is 2.78 bits per heavy atom. The molecule has 1 saturated heterocycles. The van der Waals surface area contributed by atoms with Gasteiger partial charge in [-0.05, 0) is 36.6 Å². The third kappa shape index (κ3) is 3.98. The lowest BCUT2D eigenvalue weighted by Crippen LogP contribution is -2.24. The first-order chi connectivity index (χ1) is 13.2. The fraction of sp³-hybridized carbons (Fsp3) is 0.250. The molecular weight excluding hydrogens is 363 g/mol. The van der Waals surface area contributed by atoms with Gasteiger partial charge in [0.1, 0.15) is 11.6 Å². The second-order valence-corrected chi connectivity index (χ2v) is 7.54. The van der Waals surface area contributed by atoms with E-state index in [-0.39, 0.29) is 11.7 Å². The van der Waals surface area contributed by atoms with Crippen molar-refractivity contribution in [3.63, 3.8) is 0 Å². The first kappa shape index (κ1) is 17.6. The maximum absolute atomic E-state index is 13.8. The van der Waals surface area contributed by atoms with Crippen LogP contribution in [0.4, 0.5) is 15.3 Å². The number of nitrogens with zero attached hydrogens (tertiary/aromatic N) is 3. The van der Waals surface area contributed by atoms with E-state index in [1.165, 1.54) is 17.4 Å². The van der Waals surface area contributed by atoms with Gasteiger partial charge in [-0.25, -0.2) is 14.4 Å². The highest BCUT2D eigenvalue weighted by molar-refractivity contribution is 7.15. The highest BCUT2D eigenvalue weighted by Gasteiger charge is 2.21. The predicted octanol–water partition coefficient (Wildman–Crippen LogP) is 4.12. The van der Waals surface area contributed by atoms with Crippen LogP contribution in [0.1, 0.15) is 33.6 Å². The van der Waals surface area contributed by atoms with E-state index < -0.39 is 0 Å². The zero-order valence-electron chi connectivity index (χ0n) is 14.7. The van der Waals surface area contributed by atoms with Gasteiger partial charge in [-0.1, -0.05) is 18.2 Å². The van der Waals surface area contributed by atoms with E-state index >= 15 is 0 Å². The minimum Gasteiger partial charge on any atom is -0.356 e. The number of rotatable bonds is 5. The number of pyridine rings is 1. The van der Waals surface area contributed by atoms with Crippen LogP contribution in [0.3, 0.4) is 0 Å². The lowest BCUT2D eigenvalue weighted by molar-refractivity contribution is 0.102. The van der Waals surface area contributed by atoms with Crippen LogP contribution >= 0.6 is 11.3 Å². The van der Waals surface area contributed by atoms with E-state index in [4.69, 9.17) is 0 Å². The first-order valence-electron chi connectivity index (χ1n) is 8.90. The minimum absolute atomic E-state index is 0.225. The van der Waals surface area contributed by atoms with E-state index in [0.717, 1.165) is 36.6 Å². The van der Waals surface area contributed by atoms with Gasteiger partial charge in [-0.2, -0.15) is 0 Å². The van der Waals surface area contributed by atoms with Crippen LogP contribution in [0, 0.1) is 5.82 Å². The molecule has 4 rings (SSSR count). The van der Waals surface area contributed by atoms with Crippen LogP contribution in [-0.4, -0.2) is 29.0 Å². The van der Waals surface area contributed by atoms with Crippen LogP contribution in [0.15, 0.2) is 48.8 Å². The number of carbonyl (C=O) groups is 1. The Labute approximate surface area is 160 Å². The summed E-state index contributed by atoms with van der Waals surface area (Å²) in [6.45, 7) is 1.84. The number of benzene rings is 1. The molecule has 0 spiro atoms. The average molecular weight is 382 g/mol. The fourth-order valence-electron chi connectivity index (χ4n) is 3.20. The molecule has 27 heavy (non-hydrogen) atoms. The second kappa shape index (κ2) is 7.84. The number of nitrogens with one attached hydrogen (secondary N) is 1. The zero-order chi connectivity index (χ0) is 18.6. The van der Waals surface area contributed by atoms with Crippen molar-refractivity contribution in [3.05, 3.63) is 70.6 Å². The quantitative estimate of drug-likeness (QED) is 0.721. The summed E-state index contributed by atoms with van der Waals surface area (Å²) < 4.78 is 13.8. The summed E-state index contributed by atoms with van der Waals surface area (Å²) in [6, 6.07) is 10.2. The molecule has 0 bridgehead atoms. The fourth-order valence-corrected chi connectivity index (χ4v) is 4.03. The number of aromatic nitrogens is 2. The second-order valence-electron chi connectivity index (χ2n) is 6.42. The van der Waals surface area contributed by atoms with E-state index in [9.17, 15) is 9.18 Å². The highest BCUT2D eigenvalue weighted by Crippen LogP contribution is 2.25. The molecule has 0 aliphatic carbocycles. The molecule has 5 nitrogen and oxygen atoms in total. The van der Waals surface area contributed by atoms with Crippen molar-refractivity contribution in [2.45, 2.75) is 19.3 Å². The van der Waals surface area contributed by atoms with Crippen molar-refractivity contribution >= 4 is 28.2 Å². The van der Waals surface area contributed by atoms with Crippen molar-refractivity contribution in [2.24, 2.45) is 0 Å². The molecule has 0 saturated carbocycles. The Hall–Kier alpha value is -2.80. The van der Waals surface area contributed by atoms with Crippen molar-refractivity contribution < 1.29 is 9.18 Å². The van der Waals surface area contributed by atoms with E-state index in [2.05, 4.69) is 20.2 Å². The van der Waals surface area contributed by atoms with Crippen molar-refractivity contribution in [3.8, 4) is 0 Å². The number of halogens is 1. The van der Waals surface area contributed by atoms with Gasteiger partial charge in [0.25, 0.3) is 5.91 Å². The van der Waals surface area contributed by atoms with Crippen molar-refractivity contribution in [2.75, 3.05) is 23.3 Å². The van der Waals surface area contributed by atoms with Crippen LogP contribution < -0.4 is 10.2 Å². The number of hydrogen-bond donors (Lipinski definition) is 1. The topological polar surface area (TPSA) is 58.1 Å². The third-order valence-corrected chi connectivity index (χ3v) is 5.45. The molecule has 1 amide bonds. The zero-order valence-corrected chi connectivity index (χ0v) is 15.5. The summed E-state index contributed by atoms with van der Waals surface area (Å²) in [6.07, 6.45) is 6.07. The predicted molar refractivity (Wildman–Crippen MR) is 105 cm³/mol. The monoisotopic (exact) mass is 382 g/mol. The molecular formula is C20H19FN4OS. The van der Waals surface area contributed by atoms with Gasteiger partial charge in [-0.3, -0.25) is 10.1 Å². The number of anilines is 2. The Kier molecular flexibility index (Phi) is 5.11. The highest BCUT2D eigenvalue weighted by atomic mass is 32.1. The SMILES string of the molecule is O=C(Nc1ncc(Cc2ccccc2F)s1)c1cccnc1N1CCCC1. The van der Waals surface area contributed by atoms with Gasteiger partial charge < -0.3 is 4.90 Å². The van der Waals surface area contributed by atoms with Gasteiger partial charge in [-0.15, -0.1) is 11.3 Å².